The predicted octanol–water partition coefficient (Wildman–Crippen LogP) is 2.79. The van der Waals surface area contributed by atoms with Crippen LogP contribution in [0.25, 0.3) is 0 Å². The van der Waals surface area contributed by atoms with Crippen LogP contribution in [0.2, 0.25) is 0 Å². The molecule has 0 radical (unpaired) electrons. The number of carboxylic acids is 1. The van der Waals surface area contributed by atoms with Crippen molar-refractivity contribution in [2.24, 2.45) is 5.92 Å². The molecule has 0 saturated heterocycles. The van der Waals surface area contributed by atoms with Gasteiger partial charge in [-0.25, -0.2) is 4.79 Å². The molecule has 0 spiro atoms. The van der Waals surface area contributed by atoms with Gasteiger partial charge in [0.1, 0.15) is 6.04 Å². The van der Waals surface area contributed by atoms with E-state index < -0.39 is 12.0 Å². The molecule has 23 heavy (non-hydrogen) atoms. The first kappa shape index (κ1) is 17.5. The molecule has 1 amide bonds. The van der Waals surface area contributed by atoms with Crippen molar-refractivity contribution in [3.8, 4) is 0 Å². The fourth-order valence-corrected chi connectivity index (χ4v) is 2.75. The minimum atomic E-state index is -0.977. The van der Waals surface area contributed by atoms with Crippen LogP contribution < -0.4 is 5.32 Å². The van der Waals surface area contributed by atoms with Crippen LogP contribution in [0.4, 0.5) is 0 Å². The molecular formula is C17H27N3O3. The second-order valence-electron chi connectivity index (χ2n) is 6.80. The summed E-state index contributed by atoms with van der Waals surface area (Å²) in [4.78, 5) is 23.9. The van der Waals surface area contributed by atoms with Crippen molar-refractivity contribution in [1.29, 1.82) is 0 Å². The average molecular weight is 321 g/mol. The van der Waals surface area contributed by atoms with E-state index in [-0.39, 0.29) is 5.91 Å². The van der Waals surface area contributed by atoms with Gasteiger partial charge in [-0.3, -0.25) is 9.48 Å². The SMILES string of the molecule is CCCC[C@H](NC(=O)c1cnn(CC(C)C)c1C1CC1)C(=O)O. The van der Waals surface area contributed by atoms with Gasteiger partial charge in [0.25, 0.3) is 5.91 Å². The lowest BCUT2D eigenvalue weighted by Gasteiger charge is -2.15. The second kappa shape index (κ2) is 7.62. The van der Waals surface area contributed by atoms with E-state index in [1.165, 1.54) is 0 Å². The summed E-state index contributed by atoms with van der Waals surface area (Å²) >= 11 is 0. The number of nitrogens with one attached hydrogen (secondary N) is 1. The van der Waals surface area contributed by atoms with Gasteiger partial charge in [-0.05, 0) is 25.2 Å². The number of carbonyl (C=O) groups excluding carboxylic acids is 1. The van der Waals surface area contributed by atoms with Crippen LogP contribution in [0, 0.1) is 5.92 Å². The molecule has 2 N–H and O–H groups in total. The summed E-state index contributed by atoms with van der Waals surface area (Å²) in [5, 5.41) is 16.3. The first-order chi connectivity index (χ1) is 10.9. The van der Waals surface area contributed by atoms with Gasteiger partial charge in [-0.2, -0.15) is 5.10 Å². The number of rotatable bonds is 9. The smallest absolute Gasteiger partial charge is 0.326 e. The highest BCUT2D eigenvalue weighted by Gasteiger charge is 2.33. The first-order valence-electron chi connectivity index (χ1n) is 8.53. The summed E-state index contributed by atoms with van der Waals surface area (Å²) in [5.41, 5.74) is 1.51. The molecule has 1 aromatic rings. The van der Waals surface area contributed by atoms with E-state index in [4.69, 9.17) is 0 Å². The van der Waals surface area contributed by atoms with Gasteiger partial charge in [0, 0.05) is 12.5 Å². The highest BCUT2D eigenvalue weighted by atomic mass is 16.4. The zero-order valence-electron chi connectivity index (χ0n) is 14.2. The lowest BCUT2D eigenvalue weighted by molar-refractivity contribution is -0.139. The number of hydrogen-bond donors (Lipinski definition) is 2. The molecule has 1 fully saturated rings. The summed E-state index contributed by atoms with van der Waals surface area (Å²) in [6.45, 7) is 7.01. The standard InChI is InChI=1S/C17H27N3O3/c1-4-5-6-14(17(22)23)19-16(21)13-9-18-20(10-11(2)3)15(13)12-7-8-12/h9,11-12,14H,4-8,10H2,1-3H3,(H,19,21)(H,22,23)/t14-/m0/s1. The molecule has 1 aliphatic rings. The number of amides is 1. The highest BCUT2D eigenvalue weighted by Crippen LogP contribution is 2.41. The fraction of sp³-hybridized carbons (Fsp3) is 0.706. The number of carbonyl (C=O) groups is 2. The lowest BCUT2D eigenvalue weighted by Crippen LogP contribution is -2.41. The van der Waals surface area contributed by atoms with E-state index in [2.05, 4.69) is 24.3 Å². The zero-order chi connectivity index (χ0) is 17.0. The van der Waals surface area contributed by atoms with Crippen LogP contribution in [-0.2, 0) is 11.3 Å². The number of aromatic nitrogens is 2. The van der Waals surface area contributed by atoms with Gasteiger partial charge in [0.15, 0.2) is 0 Å². The van der Waals surface area contributed by atoms with Crippen LogP contribution in [0.1, 0.15) is 74.8 Å². The van der Waals surface area contributed by atoms with Crippen LogP contribution >= 0.6 is 0 Å². The number of aliphatic carboxylic acids is 1. The maximum Gasteiger partial charge on any atom is 0.326 e. The molecule has 128 valence electrons. The lowest BCUT2D eigenvalue weighted by atomic mass is 10.1. The van der Waals surface area contributed by atoms with E-state index in [1.54, 1.807) is 6.20 Å². The van der Waals surface area contributed by atoms with Gasteiger partial charge in [-0.15, -0.1) is 0 Å². The fourth-order valence-electron chi connectivity index (χ4n) is 2.75. The van der Waals surface area contributed by atoms with E-state index in [9.17, 15) is 14.7 Å². The topological polar surface area (TPSA) is 84.2 Å². The third-order valence-electron chi connectivity index (χ3n) is 4.08. The maximum absolute atomic E-state index is 12.5. The molecule has 0 unspecified atom stereocenters. The van der Waals surface area contributed by atoms with Crippen molar-refractivity contribution in [2.75, 3.05) is 0 Å². The van der Waals surface area contributed by atoms with Crippen molar-refractivity contribution in [3.05, 3.63) is 17.5 Å². The molecule has 1 aromatic heterocycles. The van der Waals surface area contributed by atoms with Crippen molar-refractivity contribution in [3.63, 3.8) is 0 Å². The third-order valence-corrected chi connectivity index (χ3v) is 4.08. The first-order valence-corrected chi connectivity index (χ1v) is 8.53. The van der Waals surface area contributed by atoms with Gasteiger partial charge < -0.3 is 10.4 Å². The normalized spacial score (nSPS) is 15.7. The van der Waals surface area contributed by atoms with Gasteiger partial charge in [0.05, 0.1) is 17.5 Å². The second-order valence-corrected chi connectivity index (χ2v) is 6.80. The predicted molar refractivity (Wildman–Crippen MR) is 87.5 cm³/mol. The van der Waals surface area contributed by atoms with Crippen LogP contribution in [0.15, 0.2) is 6.20 Å². The summed E-state index contributed by atoms with van der Waals surface area (Å²) in [5.74, 6) is -0.463. The van der Waals surface area contributed by atoms with E-state index >= 15 is 0 Å². The van der Waals surface area contributed by atoms with Crippen LogP contribution in [0.3, 0.4) is 0 Å². The molecule has 1 heterocycles. The summed E-state index contributed by atoms with van der Waals surface area (Å²) in [6, 6.07) is -0.831. The maximum atomic E-state index is 12.5. The summed E-state index contributed by atoms with van der Waals surface area (Å²) in [7, 11) is 0. The van der Waals surface area contributed by atoms with Crippen molar-refractivity contribution in [2.45, 2.75) is 71.4 Å². The van der Waals surface area contributed by atoms with Crippen molar-refractivity contribution in [1.82, 2.24) is 15.1 Å². The Kier molecular flexibility index (Phi) is 5.80. The molecule has 6 heteroatoms. The molecule has 0 aliphatic heterocycles. The number of hydrogen-bond acceptors (Lipinski definition) is 3. The highest BCUT2D eigenvalue weighted by molar-refractivity contribution is 5.97. The Morgan fingerprint density at radius 3 is 2.65 bits per heavy atom. The van der Waals surface area contributed by atoms with E-state index in [1.807, 2.05) is 11.6 Å². The van der Waals surface area contributed by atoms with Crippen LogP contribution in [-0.4, -0.2) is 32.8 Å². The Morgan fingerprint density at radius 2 is 2.13 bits per heavy atom. The number of nitrogens with zero attached hydrogens (tertiary/aromatic N) is 2. The molecule has 1 atom stereocenters. The minimum absolute atomic E-state index is 0.314. The Labute approximate surface area is 137 Å². The van der Waals surface area contributed by atoms with Gasteiger partial charge in [-0.1, -0.05) is 33.6 Å². The van der Waals surface area contributed by atoms with Crippen LogP contribution in [0.5, 0.6) is 0 Å². The molecular weight excluding hydrogens is 294 g/mol. The van der Waals surface area contributed by atoms with Gasteiger partial charge >= 0.3 is 5.97 Å². The summed E-state index contributed by atoms with van der Waals surface area (Å²) in [6.07, 6.45) is 5.86. The Hall–Kier alpha value is -1.85. The molecule has 1 saturated carbocycles. The third kappa shape index (κ3) is 4.56. The molecule has 6 nitrogen and oxygen atoms in total. The molecule has 2 rings (SSSR count). The largest absolute Gasteiger partial charge is 0.480 e. The van der Waals surface area contributed by atoms with E-state index in [0.717, 1.165) is 37.9 Å². The Bertz CT molecular complexity index is 561. The Balaban J connectivity index is 2.15. The van der Waals surface area contributed by atoms with Crippen molar-refractivity contribution < 1.29 is 14.7 Å². The number of carboxylic acid groups (broad SMARTS) is 1. The summed E-state index contributed by atoms with van der Waals surface area (Å²) < 4.78 is 1.92. The Morgan fingerprint density at radius 1 is 1.43 bits per heavy atom. The zero-order valence-corrected chi connectivity index (χ0v) is 14.2. The quantitative estimate of drug-likeness (QED) is 0.732. The molecule has 0 bridgehead atoms. The van der Waals surface area contributed by atoms with Gasteiger partial charge in [0.2, 0.25) is 0 Å². The minimum Gasteiger partial charge on any atom is -0.480 e. The molecule has 0 aromatic carbocycles. The van der Waals surface area contributed by atoms with E-state index in [0.29, 0.717) is 23.8 Å². The monoisotopic (exact) mass is 321 g/mol. The molecule has 1 aliphatic carbocycles. The van der Waals surface area contributed by atoms with Crippen molar-refractivity contribution >= 4 is 11.9 Å². The number of unbranched alkanes of at least 4 members (excludes halogenated alkanes) is 1. The average Bonchev–Trinajstić information content (AvgIpc) is 3.23.